The molecule has 2 aliphatic rings. The Morgan fingerprint density at radius 1 is 1.00 bits per heavy atom. The third-order valence-electron chi connectivity index (χ3n) is 5.91. The predicted molar refractivity (Wildman–Crippen MR) is 109 cm³/mol. The van der Waals surface area contributed by atoms with Crippen molar-refractivity contribution in [1.29, 1.82) is 5.26 Å². The number of aromatic nitrogens is 3. The molecule has 0 saturated carbocycles. The third-order valence-corrected chi connectivity index (χ3v) is 5.91. The van der Waals surface area contributed by atoms with Gasteiger partial charge in [0.05, 0.1) is 17.3 Å². The second-order valence-corrected chi connectivity index (χ2v) is 7.76. The van der Waals surface area contributed by atoms with Gasteiger partial charge in [0.15, 0.2) is 5.82 Å². The molecule has 0 radical (unpaired) electrons. The van der Waals surface area contributed by atoms with E-state index in [0.29, 0.717) is 5.92 Å². The van der Waals surface area contributed by atoms with E-state index in [2.05, 4.69) is 30.8 Å². The molecule has 0 aliphatic carbocycles. The van der Waals surface area contributed by atoms with Gasteiger partial charge in [0.1, 0.15) is 11.6 Å². The Bertz CT molecular complexity index is 1080. The van der Waals surface area contributed by atoms with Crippen LogP contribution in [0.5, 0.6) is 0 Å². The van der Waals surface area contributed by atoms with Gasteiger partial charge in [-0.1, -0.05) is 0 Å². The third kappa shape index (κ3) is 3.35. The summed E-state index contributed by atoms with van der Waals surface area (Å²) in [5.74, 6) is 2.07. The Kier molecular flexibility index (Phi) is 4.47. The number of nitrogens with zero attached hydrogens (tertiary/aromatic N) is 6. The van der Waals surface area contributed by atoms with E-state index in [1.54, 1.807) is 18.5 Å². The Hall–Kier alpha value is -3.27. The van der Waals surface area contributed by atoms with Gasteiger partial charge >= 0.3 is 0 Å². The molecule has 6 nitrogen and oxygen atoms in total. The molecule has 7 heteroatoms. The van der Waals surface area contributed by atoms with Gasteiger partial charge in [-0.25, -0.2) is 14.4 Å². The average Bonchev–Trinajstić information content (AvgIpc) is 2.73. The summed E-state index contributed by atoms with van der Waals surface area (Å²) in [6, 6.07) is 10.9. The lowest BCUT2D eigenvalue weighted by molar-refractivity contribution is 0.473. The highest BCUT2D eigenvalue weighted by molar-refractivity contribution is 5.80. The van der Waals surface area contributed by atoms with Gasteiger partial charge < -0.3 is 9.80 Å². The lowest BCUT2D eigenvalue weighted by atomic mass is 9.94. The van der Waals surface area contributed by atoms with Crippen molar-refractivity contribution in [2.45, 2.75) is 18.8 Å². The van der Waals surface area contributed by atoms with Crippen molar-refractivity contribution in [2.75, 3.05) is 36.0 Å². The van der Waals surface area contributed by atoms with Crippen molar-refractivity contribution in [2.24, 2.45) is 5.92 Å². The van der Waals surface area contributed by atoms with E-state index in [9.17, 15) is 4.39 Å². The molecule has 29 heavy (non-hydrogen) atoms. The minimum atomic E-state index is -0.245. The van der Waals surface area contributed by atoms with Gasteiger partial charge in [-0.15, -0.1) is 0 Å². The van der Waals surface area contributed by atoms with Crippen LogP contribution in [0.15, 0.2) is 42.7 Å². The fourth-order valence-corrected chi connectivity index (χ4v) is 4.19. The number of pyridine rings is 1. The molecule has 1 aromatic carbocycles. The van der Waals surface area contributed by atoms with Gasteiger partial charge in [0.25, 0.3) is 0 Å². The number of nitriles is 1. The molecular weight excluding hydrogens is 367 g/mol. The van der Waals surface area contributed by atoms with E-state index >= 15 is 0 Å². The molecule has 2 aliphatic heterocycles. The van der Waals surface area contributed by atoms with Crippen LogP contribution in [0.4, 0.5) is 16.0 Å². The van der Waals surface area contributed by atoms with E-state index in [-0.39, 0.29) is 11.7 Å². The zero-order valence-electron chi connectivity index (χ0n) is 16.0. The summed E-state index contributed by atoms with van der Waals surface area (Å²) in [4.78, 5) is 18.4. The lowest BCUT2D eigenvalue weighted by Crippen LogP contribution is -2.47. The van der Waals surface area contributed by atoms with Crippen LogP contribution in [-0.4, -0.2) is 41.1 Å². The number of halogens is 1. The molecule has 0 spiro atoms. The first kappa shape index (κ1) is 17.8. The summed E-state index contributed by atoms with van der Waals surface area (Å²) in [5, 5.41) is 9.94. The minimum absolute atomic E-state index is 0.151. The second kappa shape index (κ2) is 7.28. The van der Waals surface area contributed by atoms with Crippen molar-refractivity contribution >= 4 is 22.5 Å². The molecule has 0 atom stereocenters. The number of hydrogen-bond acceptors (Lipinski definition) is 6. The van der Waals surface area contributed by atoms with Crippen LogP contribution in [0.2, 0.25) is 0 Å². The van der Waals surface area contributed by atoms with Gasteiger partial charge in [-0.05, 0) is 43.2 Å². The first-order valence-electron chi connectivity index (χ1n) is 9.98. The first-order chi connectivity index (χ1) is 14.2. The van der Waals surface area contributed by atoms with Crippen molar-refractivity contribution < 1.29 is 4.39 Å². The monoisotopic (exact) mass is 388 g/mol. The summed E-state index contributed by atoms with van der Waals surface area (Å²) in [7, 11) is 0. The fraction of sp³-hybridized carbons (Fsp3) is 0.364. The van der Waals surface area contributed by atoms with Crippen molar-refractivity contribution in [3.63, 3.8) is 0 Å². The maximum absolute atomic E-state index is 13.4. The van der Waals surface area contributed by atoms with Gasteiger partial charge in [0, 0.05) is 55.8 Å². The number of rotatable bonds is 3. The molecule has 3 aromatic rings. The van der Waals surface area contributed by atoms with E-state index < -0.39 is 0 Å². The minimum Gasteiger partial charge on any atom is -0.355 e. The first-order valence-corrected chi connectivity index (χ1v) is 9.98. The van der Waals surface area contributed by atoms with Crippen LogP contribution < -0.4 is 9.80 Å². The maximum atomic E-state index is 13.4. The van der Waals surface area contributed by atoms with Gasteiger partial charge in [-0.2, -0.15) is 5.26 Å². The van der Waals surface area contributed by atoms with E-state index in [4.69, 9.17) is 5.26 Å². The van der Waals surface area contributed by atoms with Gasteiger partial charge in [-0.3, -0.25) is 4.98 Å². The summed E-state index contributed by atoms with van der Waals surface area (Å²) in [6.07, 6.45) is 5.26. The zero-order valence-corrected chi connectivity index (χ0v) is 16.0. The van der Waals surface area contributed by atoms with Crippen LogP contribution in [0, 0.1) is 23.1 Å². The highest BCUT2D eigenvalue weighted by atomic mass is 19.1. The summed E-state index contributed by atoms with van der Waals surface area (Å²) >= 11 is 0. The highest BCUT2D eigenvalue weighted by Crippen LogP contribution is 2.35. The Morgan fingerprint density at radius 2 is 1.79 bits per heavy atom. The second-order valence-electron chi connectivity index (χ2n) is 7.76. The number of piperidine rings is 1. The average molecular weight is 388 g/mol. The van der Waals surface area contributed by atoms with Crippen LogP contribution in [0.25, 0.3) is 10.9 Å². The normalized spacial score (nSPS) is 17.9. The summed E-state index contributed by atoms with van der Waals surface area (Å²) in [6.45, 7) is 3.37. The smallest absolute Gasteiger partial charge is 0.150 e. The van der Waals surface area contributed by atoms with Crippen molar-refractivity contribution in [3.8, 4) is 6.07 Å². The standard InChI is InChI=1S/C22H21FN6/c23-18-2-3-19-16(11-18)1-4-20(27-19)29-13-17(14-29)21-22(26-8-7-25-21)28-9-5-15(12-24)6-10-28/h1-4,7-8,11,15,17H,5-6,9-10,13-14H2. The number of anilines is 2. The summed E-state index contributed by atoms with van der Waals surface area (Å²) in [5.41, 5.74) is 1.83. The predicted octanol–water partition coefficient (Wildman–Crippen LogP) is 3.51. The Labute approximate surface area is 168 Å². The molecule has 2 saturated heterocycles. The Balaban J connectivity index is 1.31. The molecule has 2 aromatic heterocycles. The lowest BCUT2D eigenvalue weighted by Gasteiger charge is -2.41. The molecule has 0 bridgehead atoms. The number of benzene rings is 1. The SMILES string of the molecule is N#CC1CCN(c2nccnc2C2CN(c3ccc4cc(F)ccc4n3)C2)CC1. The fourth-order valence-electron chi connectivity index (χ4n) is 4.19. The van der Waals surface area contributed by atoms with Crippen LogP contribution >= 0.6 is 0 Å². The number of fused-ring (bicyclic) bond motifs is 1. The molecular formula is C22H21FN6. The molecule has 2 fully saturated rings. The zero-order chi connectivity index (χ0) is 19.8. The van der Waals surface area contributed by atoms with E-state index in [1.807, 2.05) is 12.1 Å². The van der Waals surface area contributed by atoms with Crippen LogP contribution in [-0.2, 0) is 0 Å². The molecule has 5 rings (SSSR count). The maximum Gasteiger partial charge on any atom is 0.150 e. The van der Waals surface area contributed by atoms with E-state index in [1.165, 1.54) is 12.1 Å². The van der Waals surface area contributed by atoms with Gasteiger partial charge in [0.2, 0.25) is 0 Å². The largest absolute Gasteiger partial charge is 0.355 e. The highest BCUT2D eigenvalue weighted by Gasteiger charge is 2.34. The van der Waals surface area contributed by atoms with E-state index in [0.717, 1.165) is 67.3 Å². The molecule has 146 valence electrons. The van der Waals surface area contributed by atoms with Crippen molar-refractivity contribution in [3.05, 3.63) is 54.2 Å². The quantitative estimate of drug-likeness (QED) is 0.684. The van der Waals surface area contributed by atoms with Crippen LogP contribution in [0.3, 0.4) is 0 Å². The Morgan fingerprint density at radius 3 is 2.59 bits per heavy atom. The molecule has 0 N–H and O–H groups in total. The van der Waals surface area contributed by atoms with Crippen LogP contribution in [0.1, 0.15) is 24.5 Å². The summed E-state index contributed by atoms with van der Waals surface area (Å²) < 4.78 is 13.4. The topological polar surface area (TPSA) is 68.9 Å². The molecule has 4 heterocycles. The number of hydrogen-bond donors (Lipinski definition) is 0. The molecule has 0 amide bonds. The van der Waals surface area contributed by atoms with Crippen molar-refractivity contribution in [1.82, 2.24) is 15.0 Å². The molecule has 0 unspecified atom stereocenters.